The molecule has 2 heteroatoms. The molecular formula is C41H42BP. The van der Waals surface area contributed by atoms with Gasteiger partial charge in [-0.15, -0.1) is 0 Å². The molecular weight excluding hydrogens is 534 g/mol. The Morgan fingerprint density at radius 2 is 0.651 bits per heavy atom. The lowest BCUT2D eigenvalue weighted by Crippen LogP contribution is -2.64. The summed E-state index contributed by atoms with van der Waals surface area (Å²) < 4.78 is 0. The van der Waals surface area contributed by atoms with E-state index in [0.29, 0.717) is 0 Å². The highest BCUT2D eigenvalue weighted by molar-refractivity contribution is 7.95. The van der Waals surface area contributed by atoms with Crippen LogP contribution in [-0.2, 0) is 0 Å². The number of hydrogen-bond donors (Lipinski definition) is 0. The van der Waals surface area contributed by atoms with Crippen LogP contribution in [0.5, 0.6) is 0 Å². The van der Waals surface area contributed by atoms with Gasteiger partial charge in [0.2, 0.25) is 0 Å². The zero-order valence-electron chi connectivity index (χ0n) is 25.5. The van der Waals surface area contributed by atoms with Gasteiger partial charge in [0.15, 0.2) is 0 Å². The average molecular weight is 577 g/mol. The van der Waals surface area contributed by atoms with E-state index >= 15 is 0 Å². The molecule has 0 radical (unpaired) electrons. The van der Waals surface area contributed by atoms with E-state index in [9.17, 15) is 0 Å². The summed E-state index contributed by atoms with van der Waals surface area (Å²) in [5.41, 5.74) is 4.14. The molecule has 0 saturated carbocycles. The van der Waals surface area contributed by atoms with E-state index < -0.39 is 13.4 Å². The van der Waals surface area contributed by atoms with Crippen molar-refractivity contribution in [3.63, 3.8) is 0 Å². The van der Waals surface area contributed by atoms with E-state index in [1.807, 2.05) is 0 Å². The first kappa shape index (κ1) is 30.3. The SMILES string of the molecule is CCCC[P+](c1ccccc1)(c1ccccc1)c1ccccc1.C[B-](c1ccccc1)(c1ccccc1)c1ccccc1. The van der Waals surface area contributed by atoms with Crippen molar-refractivity contribution in [2.75, 3.05) is 6.16 Å². The minimum absolute atomic E-state index is 0.912. The van der Waals surface area contributed by atoms with Gasteiger partial charge in [-0.1, -0.05) is 159 Å². The molecule has 0 fully saturated rings. The molecule has 0 amide bonds. The summed E-state index contributed by atoms with van der Waals surface area (Å²) in [6.45, 7) is 4.65. The third kappa shape index (κ3) is 6.74. The molecule has 6 aromatic rings. The van der Waals surface area contributed by atoms with E-state index in [0.717, 1.165) is 0 Å². The highest BCUT2D eigenvalue weighted by Crippen LogP contribution is 2.55. The van der Waals surface area contributed by atoms with Crippen LogP contribution >= 0.6 is 7.26 Å². The first-order valence-electron chi connectivity index (χ1n) is 15.6. The summed E-state index contributed by atoms with van der Waals surface area (Å²) in [5.74, 6) is 0. The van der Waals surface area contributed by atoms with E-state index in [-0.39, 0.29) is 0 Å². The molecule has 6 aromatic carbocycles. The molecule has 0 aromatic heterocycles. The van der Waals surface area contributed by atoms with Crippen molar-refractivity contribution in [1.29, 1.82) is 0 Å². The maximum absolute atomic E-state index is 2.36. The molecule has 0 spiro atoms. The summed E-state index contributed by atoms with van der Waals surface area (Å²) in [4.78, 5) is 0. The second-order valence-electron chi connectivity index (χ2n) is 11.4. The lowest BCUT2D eigenvalue weighted by molar-refractivity contribution is 0.891. The van der Waals surface area contributed by atoms with E-state index in [1.54, 1.807) is 0 Å². The van der Waals surface area contributed by atoms with Crippen molar-refractivity contribution in [2.45, 2.75) is 26.6 Å². The van der Waals surface area contributed by atoms with Gasteiger partial charge in [-0.3, -0.25) is 0 Å². The maximum Gasteiger partial charge on any atom is 0.112 e. The van der Waals surface area contributed by atoms with E-state index in [2.05, 4.69) is 196 Å². The summed E-state index contributed by atoms with van der Waals surface area (Å²) in [6, 6.07) is 65.8. The van der Waals surface area contributed by atoms with Crippen molar-refractivity contribution in [3.05, 3.63) is 182 Å². The molecule has 0 heterocycles. The van der Waals surface area contributed by atoms with Gasteiger partial charge < -0.3 is 0 Å². The van der Waals surface area contributed by atoms with Gasteiger partial charge in [0, 0.05) is 0 Å². The van der Waals surface area contributed by atoms with Crippen molar-refractivity contribution >= 4 is 45.7 Å². The second-order valence-corrected chi connectivity index (χ2v) is 15.0. The van der Waals surface area contributed by atoms with Gasteiger partial charge >= 0.3 is 0 Å². The number of rotatable bonds is 9. The predicted molar refractivity (Wildman–Crippen MR) is 195 cm³/mol. The normalized spacial score (nSPS) is 11.3. The third-order valence-electron chi connectivity index (χ3n) is 8.84. The monoisotopic (exact) mass is 576 g/mol. The predicted octanol–water partition coefficient (Wildman–Crippen LogP) is 7.57. The fourth-order valence-corrected chi connectivity index (χ4v) is 10.9. The van der Waals surface area contributed by atoms with Crippen LogP contribution < -0.4 is 32.3 Å². The number of unbranched alkanes of at least 4 members (excludes halogenated alkanes) is 1. The molecule has 43 heavy (non-hydrogen) atoms. The van der Waals surface area contributed by atoms with Crippen molar-refractivity contribution in [2.24, 2.45) is 0 Å². The highest BCUT2D eigenvalue weighted by Gasteiger charge is 2.44. The zero-order valence-corrected chi connectivity index (χ0v) is 26.4. The Hall–Kier alpha value is -4.19. The van der Waals surface area contributed by atoms with Crippen LogP contribution in [-0.4, -0.2) is 12.3 Å². The topological polar surface area (TPSA) is 0 Å². The Kier molecular flexibility index (Phi) is 10.4. The summed E-state index contributed by atoms with van der Waals surface area (Å²) >= 11 is 0. The fourth-order valence-electron chi connectivity index (χ4n) is 6.37. The van der Waals surface area contributed by atoms with Crippen LogP contribution in [0.2, 0.25) is 6.82 Å². The Morgan fingerprint density at radius 3 is 0.907 bits per heavy atom. The Morgan fingerprint density at radius 1 is 0.395 bits per heavy atom. The molecule has 0 saturated heterocycles. The minimum Gasteiger partial charge on any atom is -0.200 e. The summed E-state index contributed by atoms with van der Waals surface area (Å²) in [5, 5.41) is 4.47. The van der Waals surface area contributed by atoms with Gasteiger partial charge in [0.1, 0.15) is 23.2 Å². The van der Waals surface area contributed by atoms with E-state index in [1.165, 1.54) is 51.3 Å². The number of benzene rings is 6. The minimum atomic E-state index is -1.57. The average Bonchev–Trinajstić information content (AvgIpc) is 3.11. The molecule has 0 N–H and O–H groups in total. The lowest BCUT2D eigenvalue weighted by Gasteiger charge is -2.39. The van der Waals surface area contributed by atoms with Crippen LogP contribution in [0.4, 0.5) is 0 Å². The Labute approximate surface area is 259 Å². The lowest BCUT2D eigenvalue weighted by atomic mass is 9.17. The molecule has 0 aliphatic rings. The Bertz CT molecular complexity index is 1430. The van der Waals surface area contributed by atoms with E-state index in [4.69, 9.17) is 0 Å². The first-order valence-corrected chi connectivity index (χ1v) is 17.6. The summed E-state index contributed by atoms with van der Waals surface area (Å²) in [6.07, 6.45) is 2.81. The maximum atomic E-state index is 2.36. The zero-order chi connectivity index (χ0) is 29.8. The fraction of sp³-hybridized carbons (Fsp3) is 0.122. The quantitative estimate of drug-likeness (QED) is 0.123. The second kappa shape index (κ2) is 14.8. The molecule has 0 unspecified atom stereocenters. The molecule has 0 nitrogen and oxygen atoms in total. The largest absolute Gasteiger partial charge is 0.200 e. The van der Waals surface area contributed by atoms with Crippen LogP contribution in [0.1, 0.15) is 19.8 Å². The van der Waals surface area contributed by atoms with Gasteiger partial charge in [-0.05, 0) is 42.8 Å². The van der Waals surface area contributed by atoms with Crippen molar-refractivity contribution in [3.8, 4) is 0 Å². The van der Waals surface area contributed by atoms with Gasteiger partial charge in [0.25, 0.3) is 0 Å². The van der Waals surface area contributed by atoms with Crippen molar-refractivity contribution < 1.29 is 0 Å². The van der Waals surface area contributed by atoms with Crippen LogP contribution in [0.15, 0.2) is 182 Å². The smallest absolute Gasteiger partial charge is 0.112 e. The van der Waals surface area contributed by atoms with Crippen molar-refractivity contribution in [1.82, 2.24) is 0 Å². The molecule has 0 atom stereocenters. The van der Waals surface area contributed by atoms with Crippen LogP contribution in [0.25, 0.3) is 0 Å². The summed E-state index contributed by atoms with van der Waals surface area (Å²) in [7, 11) is -1.57. The Balaban J connectivity index is 0.000000173. The standard InChI is InChI=1S/C22H24P.C19H18B/c1-2-3-19-23(20-13-7-4-8-14-20,21-15-9-5-10-16-21)22-17-11-6-12-18-22;1-20(17-11-5-2-6-12-17,18-13-7-3-8-14-18)19-15-9-4-10-16-19/h4-18H,2-3,19H2,1H3;2-16H,1H3/q+1;-1. The molecule has 6 rings (SSSR count). The van der Waals surface area contributed by atoms with Crippen LogP contribution in [0, 0.1) is 0 Å². The first-order chi connectivity index (χ1) is 21.2. The molecule has 214 valence electrons. The van der Waals surface area contributed by atoms with Gasteiger partial charge in [0.05, 0.1) is 12.3 Å². The molecule has 0 aliphatic heterocycles. The molecule has 0 aliphatic carbocycles. The van der Waals surface area contributed by atoms with Crippen LogP contribution in [0.3, 0.4) is 0 Å². The highest BCUT2D eigenvalue weighted by atomic mass is 31.2. The van der Waals surface area contributed by atoms with Gasteiger partial charge in [-0.2, -0.15) is 6.82 Å². The van der Waals surface area contributed by atoms with Gasteiger partial charge in [-0.25, -0.2) is 16.4 Å². The number of hydrogen-bond acceptors (Lipinski definition) is 0. The molecule has 0 bridgehead atoms. The third-order valence-corrected chi connectivity index (χ3v) is 13.4.